The molecule has 0 bridgehead atoms. The molecule has 1 fully saturated rings. The third-order valence-electron chi connectivity index (χ3n) is 2.86. The van der Waals surface area contributed by atoms with E-state index < -0.39 is 24.0 Å². The Bertz CT molecular complexity index is 494. The average Bonchev–Trinajstić information content (AvgIpc) is 2.71. The minimum Gasteiger partial charge on any atom is -0.391 e. The summed E-state index contributed by atoms with van der Waals surface area (Å²) >= 11 is 5.82. The molecule has 0 radical (unpaired) electrons. The van der Waals surface area contributed by atoms with E-state index in [0.717, 1.165) is 0 Å². The van der Waals surface area contributed by atoms with Crippen LogP contribution in [-0.2, 0) is 4.79 Å². The van der Waals surface area contributed by atoms with E-state index in [1.54, 1.807) is 6.07 Å². The first kappa shape index (κ1) is 12.8. The number of hydrogen-bond donors (Lipinski definition) is 2. The Kier molecular flexibility index (Phi) is 3.49. The molecule has 0 aromatic carbocycles. The number of amides is 2. The molecule has 1 aliphatic rings. The highest BCUT2D eigenvalue weighted by Crippen LogP contribution is 2.22. The predicted molar refractivity (Wildman–Crippen MR) is 63.9 cm³/mol. The van der Waals surface area contributed by atoms with E-state index >= 15 is 0 Å². The van der Waals surface area contributed by atoms with Gasteiger partial charge in [-0.3, -0.25) is 9.59 Å². The molecular formula is C11H12ClN3O3. The fourth-order valence-corrected chi connectivity index (χ4v) is 2.21. The number of hydrogen-bond acceptors (Lipinski definition) is 4. The van der Waals surface area contributed by atoms with Gasteiger partial charge in [-0.25, -0.2) is 4.98 Å². The van der Waals surface area contributed by atoms with Crippen LogP contribution in [0.15, 0.2) is 18.3 Å². The van der Waals surface area contributed by atoms with Gasteiger partial charge in [-0.2, -0.15) is 0 Å². The van der Waals surface area contributed by atoms with Crippen LogP contribution in [0.5, 0.6) is 0 Å². The van der Waals surface area contributed by atoms with Gasteiger partial charge in [0, 0.05) is 19.2 Å². The Labute approximate surface area is 108 Å². The zero-order valence-corrected chi connectivity index (χ0v) is 10.2. The van der Waals surface area contributed by atoms with Crippen molar-refractivity contribution >= 4 is 23.4 Å². The van der Waals surface area contributed by atoms with E-state index in [9.17, 15) is 14.7 Å². The molecule has 1 saturated heterocycles. The average molecular weight is 270 g/mol. The molecule has 2 rings (SSSR count). The van der Waals surface area contributed by atoms with Crippen LogP contribution in [0.3, 0.4) is 0 Å². The molecule has 2 heterocycles. The lowest BCUT2D eigenvalue weighted by Crippen LogP contribution is -2.43. The number of aromatic nitrogens is 1. The lowest BCUT2D eigenvalue weighted by Gasteiger charge is -2.22. The van der Waals surface area contributed by atoms with Crippen molar-refractivity contribution in [1.82, 2.24) is 9.88 Å². The fraction of sp³-hybridized carbons (Fsp3) is 0.364. The van der Waals surface area contributed by atoms with Gasteiger partial charge in [-0.15, -0.1) is 0 Å². The van der Waals surface area contributed by atoms with Gasteiger partial charge >= 0.3 is 0 Å². The summed E-state index contributed by atoms with van der Waals surface area (Å²) in [6, 6.07) is 2.29. The molecule has 1 aliphatic heterocycles. The van der Waals surface area contributed by atoms with Crippen LogP contribution < -0.4 is 5.73 Å². The summed E-state index contributed by atoms with van der Waals surface area (Å²) in [5, 5.41) is 9.60. The summed E-state index contributed by atoms with van der Waals surface area (Å²) < 4.78 is 0. The Morgan fingerprint density at radius 1 is 1.56 bits per heavy atom. The third kappa shape index (κ3) is 2.30. The van der Waals surface area contributed by atoms with E-state index in [0.29, 0.717) is 0 Å². The number of aliphatic hydroxyl groups is 1. The maximum absolute atomic E-state index is 12.2. The third-order valence-corrected chi connectivity index (χ3v) is 3.16. The van der Waals surface area contributed by atoms with Crippen LogP contribution >= 0.6 is 11.6 Å². The standard InChI is InChI=1S/C11H12ClN3O3/c12-9-7(2-1-3-14-9)11(18)15-5-6(16)4-8(15)10(13)17/h1-3,6,8,16H,4-5H2,(H2,13,17). The molecule has 2 atom stereocenters. The zero-order chi connectivity index (χ0) is 13.3. The number of aliphatic hydroxyl groups excluding tert-OH is 1. The van der Waals surface area contributed by atoms with Crippen LogP contribution in [0, 0.1) is 0 Å². The Morgan fingerprint density at radius 2 is 2.28 bits per heavy atom. The Morgan fingerprint density at radius 3 is 2.89 bits per heavy atom. The van der Waals surface area contributed by atoms with Crippen molar-refractivity contribution in [2.24, 2.45) is 5.73 Å². The quantitative estimate of drug-likeness (QED) is 0.727. The number of nitrogens with zero attached hydrogens (tertiary/aromatic N) is 2. The topological polar surface area (TPSA) is 96.5 Å². The lowest BCUT2D eigenvalue weighted by molar-refractivity contribution is -0.121. The monoisotopic (exact) mass is 269 g/mol. The molecule has 6 nitrogen and oxygen atoms in total. The van der Waals surface area contributed by atoms with Crippen molar-refractivity contribution in [2.75, 3.05) is 6.54 Å². The number of carbonyl (C=O) groups is 2. The Balaban J connectivity index is 2.28. The number of carbonyl (C=O) groups excluding carboxylic acids is 2. The molecule has 1 aromatic rings. The highest BCUT2D eigenvalue weighted by Gasteiger charge is 2.38. The smallest absolute Gasteiger partial charge is 0.257 e. The van der Waals surface area contributed by atoms with Crippen LogP contribution in [0.2, 0.25) is 5.15 Å². The van der Waals surface area contributed by atoms with Crippen molar-refractivity contribution in [1.29, 1.82) is 0 Å². The first-order chi connectivity index (χ1) is 8.50. The van der Waals surface area contributed by atoms with Crippen molar-refractivity contribution in [3.63, 3.8) is 0 Å². The number of β-amino-alcohol motifs (C(OH)–C–C–N with tert-alkyl or cyclic N) is 1. The fourth-order valence-electron chi connectivity index (χ4n) is 2.01. The molecule has 1 aromatic heterocycles. The van der Waals surface area contributed by atoms with E-state index in [-0.39, 0.29) is 23.7 Å². The van der Waals surface area contributed by atoms with Crippen LogP contribution in [0.4, 0.5) is 0 Å². The minimum absolute atomic E-state index is 0.0621. The van der Waals surface area contributed by atoms with Gasteiger partial charge in [0.15, 0.2) is 0 Å². The van der Waals surface area contributed by atoms with Gasteiger partial charge in [0.1, 0.15) is 11.2 Å². The zero-order valence-electron chi connectivity index (χ0n) is 9.41. The molecule has 7 heteroatoms. The molecule has 18 heavy (non-hydrogen) atoms. The summed E-state index contributed by atoms with van der Waals surface area (Å²) in [6.07, 6.45) is 0.865. The van der Waals surface area contributed by atoms with Crippen LogP contribution in [0.1, 0.15) is 16.8 Å². The van der Waals surface area contributed by atoms with Crippen molar-refractivity contribution in [2.45, 2.75) is 18.6 Å². The number of rotatable bonds is 2. The van der Waals surface area contributed by atoms with Gasteiger partial charge in [-0.05, 0) is 12.1 Å². The van der Waals surface area contributed by atoms with Gasteiger partial charge in [-0.1, -0.05) is 11.6 Å². The van der Waals surface area contributed by atoms with Gasteiger partial charge in [0.05, 0.1) is 11.7 Å². The van der Waals surface area contributed by atoms with Gasteiger partial charge in [0.25, 0.3) is 5.91 Å². The molecule has 0 spiro atoms. The summed E-state index contributed by atoms with van der Waals surface area (Å²) in [5.41, 5.74) is 5.41. The predicted octanol–water partition coefficient (Wildman–Crippen LogP) is -0.204. The van der Waals surface area contributed by atoms with E-state index in [2.05, 4.69) is 4.98 Å². The van der Waals surface area contributed by atoms with Gasteiger partial charge < -0.3 is 15.7 Å². The molecule has 0 aliphatic carbocycles. The highest BCUT2D eigenvalue weighted by molar-refractivity contribution is 6.32. The van der Waals surface area contributed by atoms with Gasteiger partial charge in [0.2, 0.25) is 5.91 Å². The summed E-state index contributed by atoms with van der Waals surface area (Å²) in [5.74, 6) is -1.09. The van der Waals surface area contributed by atoms with E-state index in [1.165, 1.54) is 17.2 Å². The van der Waals surface area contributed by atoms with E-state index in [1.807, 2.05) is 0 Å². The summed E-state index contributed by atoms with van der Waals surface area (Å²) in [4.78, 5) is 28.5. The van der Waals surface area contributed by atoms with Crippen LogP contribution in [-0.4, -0.2) is 45.5 Å². The lowest BCUT2D eigenvalue weighted by atomic mass is 10.2. The molecule has 0 saturated carbocycles. The molecule has 3 N–H and O–H groups in total. The number of pyridine rings is 1. The highest BCUT2D eigenvalue weighted by atomic mass is 35.5. The largest absolute Gasteiger partial charge is 0.391 e. The Hall–Kier alpha value is -1.66. The van der Waals surface area contributed by atoms with Crippen molar-refractivity contribution in [3.05, 3.63) is 29.0 Å². The molecule has 2 unspecified atom stereocenters. The second-order valence-corrected chi connectivity index (χ2v) is 4.46. The summed E-state index contributed by atoms with van der Waals surface area (Å²) in [7, 11) is 0. The van der Waals surface area contributed by atoms with Crippen molar-refractivity contribution < 1.29 is 14.7 Å². The normalized spacial score (nSPS) is 23.1. The first-order valence-electron chi connectivity index (χ1n) is 5.39. The molecule has 2 amide bonds. The van der Waals surface area contributed by atoms with E-state index in [4.69, 9.17) is 17.3 Å². The minimum atomic E-state index is -0.802. The molecule has 96 valence electrons. The number of nitrogens with two attached hydrogens (primary N) is 1. The summed E-state index contributed by atoms with van der Waals surface area (Å²) in [6.45, 7) is 0.0671. The first-order valence-corrected chi connectivity index (χ1v) is 5.77. The maximum Gasteiger partial charge on any atom is 0.257 e. The van der Waals surface area contributed by atoms with Crippen molar-refractivity contribution in [3.8, 4) is 0 Å². The number of primary amides is 1. The second kappa shape index (κ2) is 4.91. The maximum atomic E-state index is 12.2. The number of likely N-dealkylation sites (tertiary alicyclic amines) is 1. The number of halogens is 1. The van der Waals surface area contributed by atoms with Crippen LogP contribution in [0.25, 0.3) is 0 Å². The molecular weight excluding hydrogens is 258 g/mol. The SMILES string of the molecule is NC(=O)C1CC(O)CN1C(=O)c1cccnc1Cl. The second-order valence-electron chi connectivity index (χ2n) is 4.11.